The lowest BCUT2D eigenvalue weighted by molar-refractivity contribution is 0.183. The number of hydrogen-bond donors (Lipinski definition) is 2. The fourth-order valence-corrected chi connectivity index (χ4v) is 1.32. The maximum absolute atomic E-state index is 9.27. The monoisotopic (exact) mass is 230 g/mol. The molecular formula is C8H11BrN2O. The van der Waals surface area contributed by atoms with Crippen LogP contribution in [-0.4, -0.2) is 22.7 Å². The third-order valence-corrected chi connectivity index (χ3v) is 2.30. The van der Waals surface area contributed by atoms with Crippen molar-refractivity contribution in [2.75, 3.05) is 6.54 Å². The first-order valence-corrected chi connectivity index (χ1v) is 4.50. The first-order valence-electron chi connectivity index (χ1n) is 3.70. The normalized spacial score (nSPS) is 12.9. The number of aliphatic hydroxyl groups excluding tert-OH is 1. The van der Waals surface area contributed by atoms with Crippen molar-refractivity contribution >= 4 is 15.9 Å². The fourth-order valence-electron chi connectivity index (χ4n) is 0.907. The Balaban J connectivity index is 2.69. The van der Waals surface area contributed by atoms with E-state index in [1.54, 1.807) is 12.4 Å². The van der Waals surface area contributed by atoms with Crippen LogP contribution < -0.4 is 5.73 Å². The third-order valence-electron chi connectivity index (χ3n) is 1.58. The highest BCUT2D eigenvalue weighted by Crippen LogP contribution is 2.15. The van der Waals surface area contributed by atoms with E-state index in [2.05, 4.69) is 20.9 Å². The number of aliphatic hydroxyl groups is 1. The van der Waals surface area contributed by atoms with Gasteiger partial charge in [0.25, 0.3) is 0 Å². The Morgan fingerprint density at radius 3 is 3.00 bits per heavy atom. The Morgan fingerprint density at radius 1 is 1.67 bits per heavy atom. The van der Waals surface area contributed by atoms with Gasteiger partial charge in [-0.1, -0.05) is 0 Å². The summed E-state index contributed by atoms with van der Waals surface area (Å²) in [5, 5.41) is 9.27. The summed E-state index contributed by atoms with van der Waals surface area (Å²) in [4.78, 5) is 3.92. The second kappa shape index (κ2) is 4.54. The number of hydrogen-bond acceptors (Lipinski definition) is 3. The van der Waals surface area contributed by atoms with Crippen LogP contribution in [0, 0.1) is 0 Å². The molecule has 0 amide bonds. The van der Waals surface area contributed by atoms with E-state index in [0.717, 1.165) is 10.0 Å². The highest BCUT2D eigenvalue weighted by molar-refractivity contribution is 9.10. The van der Waals surface area contributed by atoms with Crippen LogP contribution >= 0.6 is 15.9 Å². The standard InChI is InChI=1S/C8H11BrN2O/c9-8-5-11-2-1-6(8)3-7(12)4-10/h1-2,5,7,12H,3-4,10H2. The Morgan fingerprint density at radius 2 is 2.42 bits per heavy atom. The first kappa shape index (κ1) is 9.64. The molecule has 1 rings (SSSR count). The van der Waals surface area contributed by atoms with Gasteiger partial charge in [0.05, 0.1) is 6.10 Å². The maximum Gasteiger partial charge on any atom is 0.0703 e. The van der Waals surface area contributed by atoms with Crippen molar-refractivity contribution in [1.29, 1.82) is 0 Å². The minimum atomic E-state index is -0.469. The van der Waals surface area contributed by atoms with Gasteiger partial charge in [0.1, 0.15) is 0 Å². The summed E-state index contributed by atoms with van der Waals surface area (Å²) >= 11 is 3.34. The number of halogens is 1. The van der Waals surface area contributed by atoms with Gasteiger partial charge in [-0.25, -0.2) is 0 Å². The van der Waals surface area contributed by atoms with Crippen LogP contribution in [0.15, 0.2) is 22.9 Å². The Bertz CT molecular complexity index is 255. The Kier molecular flexibility index (Phi) is 3.65. The van der Waals surface area contributed by atoms with E-state index >= 15 is 0 Å². The van der Waals surface area contributed by atoms with Crippen molar-refractivity contribution in [3.05, 3.63) is 28.5 Å². The van der Waals surface area contributed by atoms with Gasteiger partial charge in [-0.3, -0.25) is 4.98 Å². The van der Waals surface area contributed by atoms with Gasteiger partial charge in [0, 0.05) is 29.8 Å². The van der Waals surface area contributed by atoms with Crippen molar-refractivity contribution in [3.8, 4) is 0 Å². The zero-order valence-electron chi connectivity index (χ0n) is 6.57. The number of rotatable bonds is 3. The Labute approximate surface area is 79.7 Å². The average Bonchev–Trinajstić information content (AvgIpc) is 2.09. The number of nitrogens with two attached hydrogens (primary N) is 1. The summed E-state index contributed by atoms with van der Waals surface area (Å²) in [5.74, 6) is 0. The SMILES string of the molecule is NCC(O)Cc1ccncc1Br. The van der Waals surface area contributed by atoms with E-state index < -0.39 is 6.10 Å². The molecule has 4 heteroatoms. The molecule has 0 saturated heterocycles. The van der Waals surface area contributed by atoms with E-state index in [0.29, 0.717) is 6.42 Å². The molecule has 1 unspecified atom stereocenters. The molecule has 66 valence electrons. The van der Waals surface area contributed by atoms with Crippen molar-refractivity contribution in [2.45, 2.75) is 12.5 Å². The Hall–Kier alpha value is -0.450. The van der Waals surface area contributed by atoms with Crippen molar-refractivity contribution in [2.24, 2.45) is 5.73 Å². The zero-order valence-corrected chi connectivity index (χ0v) is 8.16. The molecule has 1 aromatic heterocycles. The quantitative estimate of drug-likeness (QED) is 0.805. The van der Waals surface area contributed by atoms with E-state index in [9.17, 15) is 5.11 Å². The van der Waals surface area contributed by atoms with Crippen LogP contribution in [0.3, 0.4) is 0 Å². The molecule has 3 nitrogen and oxygen atoms in total. The van der Waals surface area contributed by atoms with Gasteiger partial charge < -0.3 is 10.8 Å². The lowest BCUT2D eigenvalue weighted by Crippen LogP contribution is -2.22. The van der Waals surface area contributed by atoms with Crippen molar-refractivity contribution < 1.29 is 5.11 Å². The van der Waals surface area contributed by atoms with Crippen LogP contribution in [0.4, 0.5) is 0 Å². The second-order valence-corrected chi connectivity index (χ2v) is 3.42. The van der Waals surface area contributed by atoms with Crippen LogP contribution in [0.1, 0.15) is 5.56 Å². The third kappa shape index (κ3) is 2.55. The highest BCUT2D eigenvalue weighted by atomic mass is 79.9. The number of pyridine rings is 1. The lowest BCUT2D eigenvalue weighted by Gasteiger charge is -2.08. The van der Waals surface area contributed by atoms with Crippen LogP contribution in [-0.2, 0) is 6.42 Å². The zero-order chi connectivity index (χ0) is 8.97. The van der Waals surface area contributed by atoms with Crippen LogP contribution in [0.2, 0.25) is 0 Å². The predicted octanol–water partition coefficient (Wildman–Crippen LogP) is 0.706. The van der Waals surface area contributed by atoms with Gasteiger partial charge >= 0.3 is 0 Å². The summed E-state index contributed by atoms with van der Waals surface area (Å²) in [6, 6.07) is 1.86. The molecule has 0 fully saturated rings. The summed E-state index contributed by atoms with van der Waals surface area (Å²) in [5.41, 5.74) is 6.32. The molecule has 0 spiro atoms. The minimum absolute atomic E-state index is 0.286. The molecule has 0 aromatic carbocycles. The topological polar surface area (TPSA) is 59.1 Å². The van der Waals surface area contributed by atoms with Crippen molar-refractivity contribution in [3.63, 3.8) is 0 Å². The van der Waals surface area contributed by atoms with Crippen LogP contribution in [0.25, 0.3) is 0 Å². The van der Waals surface area contributed by atoms with E-state index in [1.165, 1.54) is 0 Å². The van der Waals surface area contributed by atoms with Crippen LogP contribution in [0.5, 0.6) is 0 Å². The maximum atomic E-state index is 9.27. The second-order valence-electron chi connectivity index (χ2n) is 2.56. The van der Waals surface area contributed by atoms with Gasteiger partial charge in [0.2, 0.25) is 0 Å². The fraction of sp³-hybridized carbons (Fsp3) is 0.375. The number of aromatic nitrogens is 1. The molecular weight excluding hydrogens is 220 g/mol. The summed E-state index contributed by atoms with van der Waals surface area (Å²) in [6.07, 6.45) is 3.50. The number of nitrogens with zero attached hydrogens (tertiary/aromatic N) is 1. The molecule has 12 heavy (non-hydrogen) atoms. The molecule has 0 saturated carbocycles. The van der Waals surface area contributed by atoms with Crippen molar-refractivity contribution in [1.82, 2.24) is 4.98 Å². The smallest absolute Gasteiger partial charge is 0.0703 e. The molecule has 1 atom stereocenters. The van der Waals surface area contributed by atoms with E-state index in [1.807, 2.05) is 6.07 Å². The van der Waals surface area contributed by atoms with Gasteiger partial charge in [0.15, 0.2) is 0 Å². The highest BCUT2D eigenvalue weighted by Gasteiger charge is 2.05. The first-order chi connectivity index (χ1) is 5.74. The summed E-state index contributed by atoms with van der Waals surface area (Å²) < 4.78 is 0.914. The molecule has 0 bridgehead atoms. The molecule has 0 radical (unpaired) electrons. The van der Waals surface area contributed by atoms with E-state index in [-0.39, 0.29) is 6.54 Å². The summed E-state index contributed by atoms with van der Waals surface area (Å²) in [7, 11) is 0. The predicted molar refractivity (Wildman–Crippen MR) is 50.7 cm³/mol. The minimum Gasteiger partial charge on any atom is -0.391 e. The van der Waals surface area contributed by atoms with E-state index in [4.69, 9.17) is 5.73 Å². The molecule has 1 heterocycles. The molecule has 1 aromatic rings. The average molecular weight is 231 g/mol. The summed E-state index contributed by atoms with van der Waals surface area (Å²) in [6.45, 7) is 0.286. The lowest BCUT2D eigenvalue weighted by atomic mass is 10.1. The largest absolute Gasteiger partial charge is 0.391 e. The van der Waals surface area contributed by atoms with Gasteiger partial charge in [-0.15, -0.1) is 0 Å². The molecule has 0 aliphatic rings. The molecule has 0 aliphatic carbocycles. The molecule has 3 N–H and O–H groups in total. The molecule has 0 aliphatic heterocycles. The van der Waals surface area contributed by atoms with Gasteiger partial charge in [-0.05, 0) is 27.6 Å². The van der Waals surface area contributed by atoms with Gasteiger partial charge in [-0.2, -0.15) is 0 Å².